The number of nitrogens with zero attached hydrogens (tertiary/aromatic N) is 5. The predicted octanol–water partition coefficient (Wildman–Crippen LogP) is 5.24. The number of carbonyl (C=O) groups excluding carboxylic acids is 1. The molecule has 0 unspecified atom stereocenters. The smallest absolute Gasteiger partial charge is 0.419 e. The Bertz CT molecular complexity index is 1640. The van der Waals surface area contributed by atoms with Gasteiger partial charge in [-0.3, -0.25) is 14.7 Å². The number of piperazine rings is 1. The van der Waals surface area contributed by atoms with Crippen molar-refractivity contribution >= 4 is 28.9 Å². The van der Waals surface area contributed by atoms with Crippen molar-refractivity contribution in [3.8, 4) is 5.75 Å². The number of amides is 1. The summed E-state index contributed by atoms with van der Waals surface area (Å²) in [5.41, 5.74) is 4.11. The number of benzene rings is 2. The normalized spacial score (nSPS) is 15.2. The number of fused-ring (bicyclic) bond motifs is 1. The second kappa shape index (κ2) is 12.5. The van der Waals surface area contributed by atoms with Crippen LogP contribution in [0.1, 0.15) is 27.9 Å². The summed E-state index contributed by atoms with van der Waals surface area (Å²) < 4.78 is 47.3. The summed E-state index contributed by atoms with van der Waals surface area (Å²) in [7, 11) is 1.55. The molecule has 2 aromatic heterocycles. The van der Waals surface area contributed by atoms with Gasteiger partial charge in [-0.2, -0.15) is 13.2 Å². The molecule has 0 radical (unpaired) electrons. The van der Waals surface area contributed by atoms with Crippen LogP contribution in [0.2, 0.25) is 0 Å². The van der Waals surface area contributed by atoms with Gasteiger partial charge in [0, 0.05) is 68.8 Å². The third-order valence-electron chi connectivity index (χ3n) is 8.01. The van der Waals surface area contributed by atoms with E-state index in [-0.39, 0.29) is 30.4 Å². The molecule has 4 heterocycles. The lowest BCUT2D eigenvalue weighted by molar-refractivity contribution is -0.138. The molecule has 2 aromatic carbocycles. The molecule has 0 spiro atoms. The summed E-state index contributed by atoms with van der Waals surface area (Å²) in [5.74, 6) is 0.447. The van der Waals surface area contributed by atoms with Gasteiger partial charge in [-0.25, -0.2) is 9.97 Å². The van der Waals surface area contributed by atoms with Crippen LogP contribution in [0.5, 0.6) is 5.75 Å². The van der Waals surface area contributed by atoms with E-state index in [2.05, 4.69) is 35.4 Å². The van der Waals surface area contributed by atoms with E-state index in [0.717, 1.165) is 55.7 Å². The van der Waals surface area contributed by atoms with Gasteiger partial charge in [0.15, 0.2) is 0 Å². The minimum Gasteiger partial charge on any atom is -0.494 e. The molecule has 9 nitrogen and oxygen atoms in total. The Morgan fingerprint density at radius 2 is 1.82 bits per heavy atom. The van der Waals surface area contributed by atoms with Crippen molar-refractivity contribution < 1.29 is 22.7 Å². The molecule has 4 aromatic rings. The SMILES string of the molecule is COc1cc(N2CCN(Cc3ccncc3)CC2)ccc1Nc1ncc(C(F)(F)F)c(CCc2cccc3c2CC(=O)N3)n1. The van der Waals surface area contributed by atoms with Gasteiger partial charge >= 0.3 is 6.18 Å². The molecule has 228 valence electrons. The largest absolute Gasteiger partial charge is 0.494 e. The van der Waals surface area contributed by atoms with Crippen LogP contribution in [0, 0.1) is 0 Å². The van der Waals surface area contributed by atoms with Gasteiger partial charge in [-0.1, -0.05) is 12.1 Å². The molecule has 12 heteroatoms. The quantitative estimate of drug-likeness (QED) is 0.268. The fourth-order valence-corrected chi connectivity index (χ4v) is 5.72. The van der Waals surface area contributed by atoms with Crippen LogP contribution in [0.15, 0.2) is 67.1 Å². The molecule has 2 aliphatic heterocycles. The summed E-state index contributed by atoms with van der Waals surface area (Å²) in [6, 6.07) is 15.2. The number of carbonyl (C=O) groups is 1. The van der Waals surface area contributed by atoms with Crippen LogP contribution in [0.4, 0.5) is 36.2 Å². The molecule has 2 N–H and O–H groups in total. The molecule has 0 bridgehead atoms. The lowest BCUT2D eigenvalue weighted by atomic mass is 9.98. The Morgan fingerprint density at radius 3 is 2.57 bits per heavy atom. The number of methoxy groups -OCH3 is 1. The second-order valence-electron chi connectivity index (χ2n) is 10.8. The van der Waals surface area contributed by atoms with E-state index >= 15 is 0 Å². The fraction of sp³-hybridized carbons (Fsp3) is 0.312. The molecule has 0 aliphatic carbocycles. The number of halogens is 3. The average molecular weight is 604 g/mol. The average Bonchev–Trinajstić information content (AvgIpc) is 3.41. The molecule has 0 saturated carbocycles. The zero-order valence-corrected chi connectivity index (χ0v) is 24.2. The van der Waals surface area contributed by atoms with Crippen LogP contribution in [0.3, 0.4) is 0 Å². The van der Waals surface area contributed by atoms with Crippen molar-refractivity contribution in [3.63, 3.8) is 0 Å². The lowest BCUT2D eigenvalue weighted by Gasteiger charge is -2.36. The summed E-state index contributed by atoms with van der Waals surface area (Å²) in [4.78, 5) is 28.9. The highest BCUT2D eigenvalue weighted by molar-refractivity contribution is 5.99. The van der Waals surface area contributed by atoms with Gasteiger partial charge < -0.3 is 20.3 Å². The number of hydrogen-bond acceptors (Lipinski definition) is 8. The third kappa shape index (κ3) is 6.60. The van der Waals surface area contributed by atoms with Crippen LogP contribution in [-0.2, 0) is 36.8 Å². The molecule has 1 saturated heterocycles. The standard InChI is InChI=1S/C32H32F3N7O2/c1-44-29-17-23(42-15-13-41(14-16-42)20-21-9-11-36-12-10-21)6-8-28(29)40-31-37-19-25(32(33,34)35)27(39-31)7-5-22-3-2-4-26-24(22)18-30(43)38-26/h2-4,6,8-12,17,19H,5,7,13-16,18,20H2,1H3,(H,38,43)(H,37,39,40). The number of aromatic nitrogens is 3. The van der Waals surface area contributed by atoms with Crippen LogP contribution < -0.4 is 20.3 Å². The van der Waals surface area contributed by atoms with Gasteiger partial charge in [-0.05, 0) is 59.9 Å². The van der Waals surface area contributed by atoms with E-state index < -0.39 is 11.7 Å². The van der Waals surface area contributed by atoms with Gasteiger partial charge in [0.25, 0.3) is 0 Å². The Morgan fingerprint density at radius 1 is 1.02 bits per heavy atom. The number of pyridine rings is 1. The molecule has 6 rings (SSSR count). The van der Waals surface area contributed by atoms with Gasteiger partial charge in [0.2, 0.25) is 11.9 Å². The van der Waals surface area contributed by atoms with Crippen LogP contribution in [-0.4, -0.2) is 59.0 Å². The third-order valence-corrected chi connectivity index (χ3v) is 8.01. The molecule has 1 amide bonds. The molecule has 44 heavy (non-hydrogen) atoms. The molecule has 1 fully saturated rings. The van der Waals surface area contributed by atoms with E-state index in [0.29, 0.717) is 23.5 Å². The van der Waals surface area contributed by atoms with E-state index in [1.807, 2.05) is 48.8 Å². The number of hydrogen-bond donors (Lipinski definition) is 2. The first kappa shape index (κ1) is 29.4. The first-order chi connectivity index (χ1) is 21.3. The van der Waals surface area contributed by atoms with E-state index in [1.165, 1.54) is 5.56 Å². The summed E-state index contributed by atoms with van der Waals surface area (Å²) in [6.07, 6.45) is 0.364. The number of ether oxygens (including phenoxy) is 1. The molecule has 0 atom stereocenters. The Kier molecular flexibility index (Phi) is 8.34. The summed E-state index contributed by atoms with van der Waals surface area (Å²) >= 11 is 0. The minimum atomic E-state index is -4.61. The second-order valence-corrected chi connectivity index (χ2v) is 10.8. The number of rotatable bonds is 9. The lowest BCUT2D eigenvalue weighted by Crippen LogP contribution is -2.45. The summed E-state index contributed by atoms with van der Waals surface area (Å²) in [6.45, 7) is 4.39. The minimum absolute atomic E-state index is 0.0277. The highest BCUT2D eigenvalue weighted by Gasteiger charge is 2.35. The Labute approximate surface area is 253 Å². The zero-order valence-electron chi connectivity index (χ0n) is 24.2. The summed E-state index contributed by atoms with van der Waals surface area (Å²) in [5, 5.41) is 5.83. The van der Waals surface area contributed by atoms with Crippen LogP contribution in [0.25, 0.3) is 0 Å². The Balaban J connectivity index is 1.15. The van der Waals surface area contributed by atoms with E-state index in [1.54, 1.807) is 19.2 Å². The molecule has 2 aliphatic rings. The monoisotopic (exact) mass is 603 g/mol. The van der Waals surface area contributed by atoms with Crippen molar-refractivity contribution in [3.05, 3.63) is 95.1 Å². The number of anilines is 4. The number of nitrogens with one attached hydrogen (secondary N) is 2. The number of aryl methyl sites for hydroxylation is 2. The van der Waals surface area contributed by atoms with Crippen LogP contribution >= 0.6 is 0 Å². The van der Waals surface area contributed by atoms with Gasteiger partial charge in [0.1, 0.15) is 5.75 Å². The van der Waals surface area contributed by atoms with Gasteiger partial charge in [0.05, 0.1) is 30.5 Å². The van der Waals surface area contributed by atoms with Crippen molar-refractivity contribution in [2.45, 2.75) is 32.0 Å². The van der Waals surface area contributed by atoms with Crippen molar-refractivity contribution in [1.82, 2.24) is 19.9 Å². The van der Waals surface area contributed by atoms with Crippen molar-refractivity contribution in [1.29, 1.82) is 0 Å². The maximum Gasteiger partial charge on any atom is 0.419 e. The Hall–Kier alpha value is -4.71. The highest BCUT2D eigenvalue weighted by Crippen LogP contribution is 2.35. The van der Waals surface area contributed by atoms with Crippen molar-refractivity contribution in [2.75, 3.05) is 48.8 Å². The van der Waals surface area contributed by atoms with E-state index in [4.69, 9.17) is 4.74 Å². The maximum atomic E-state index is 13.9. The highest BCUT2D eigenvalue weighted by atomic mass is 19.4. The zero-order chi connectivity index (χ0) is 30.7. The number of alkyl halides is 3. The molecular formula is C32H32F3N7O2. The van der Waals surface area contributed by atoms with Gasteiger partial charge in [-0.15, -0.1) is 0 Å². The maximum absolute atomic E-state index is 13.9. The van der Waals surface area contributed by atoms with Crippen molar-refractivity contribution in [2.24, 2.45) is 0 Å². The first-order valence-corrected chi connectivity index (χ1v) is 14.4. The molecular weight excluding hydrogens is 571 g/mol. The predicted molar refractivity (Wildman–Crippen MR) is 161 cm³/mol. The fourth-order valence-electron chi connectivity index (χ4n) is 5.72. The topological polar surface area (TPSA) is 95.5 Å². The first-order valence-electron chi connectivity index (χ1n) is 14.4. The van der Waals surface area contributed by atoms with E-state index in [9.17, 15) is 18.0 Å².